The molecule has 43 heavy (non-hydrogen) atoms. The van der Waals surface area contributed by atoms with Crippen LogP contribution >= 0.6 is 0 Å². The predicted molar refractivity (Wildman–Crippen MR) is 163 cm³/mol. The van der Waals surface area contributed by atoms with Crippen molar-refractivity contribution in [3.05, 3.63) is 120 Å². The van der Waals surface area contributed by atoms with Gasteiger partial charge in [-0.25, -0.2) is 4.68 Å². The van der Waals surface area contributed by atoms with Crippen LogP contribution in [0.15, 0.2) is 109 Å². The summed E-state index contributed by atoms with van der Waals surface area (Å²) in [5.74, 6) is 1.91. The van der Waals surface area contributed by atoms with Crippen LogP contribution in [0.1, 0.15) is 31.0 Å². The number of ether oxygens (including phenoxy) is 2. The van der Waals surface area contributed by atoms with E-state index in [9.17, 15) is 9.90 Å². The number of allylic oxidation sites excluding steroid dienone is 1. The maximum atomic E-state index is 13.8. The summed E-state index contributed by atoms with van der Waals surface area (Å²) < 4.78 is 13.9. The number of rotatable bonds is 9. The molecule has 0 fully saturated rings. The average Bonchev–Trinajstić information content (AvgIpc) is 3.44. The van der Waals surface area contributed by atoms with E-state index in [0.29, 0.717) is 53.4 Å². The van der Waals surface area contributed by atoms with Crippen LogP contribution in [-0.4, -0.2) is 37.4 Å². The van der Waals surface area contributed by atoms with Crippen LogP contribution in [-0.2, 0) is 11.4 Å². The normalized spacial score (nSPS) is 14.0. The fraction of sp³-hybridized carbons (Fsp3) is 0.152. The Kier molecular flexibility index (Phi) is 7.73. The highest BCUT2D eigenvalue weighted by Crippen LogP contribution is 2.40. The maximum absolute atomic E-state index is 13.8. The topological polar surface area (TPSA) is 123 Å². The Labute approximate surface area is 248 Å². The quantitative estimate of drug-likeness (QED) is 0.197. The minimum atomic E-state index is -0.645. The van der Waals surface area contributed by atoms with Gasteiger partial charge in [-0.15, -0.1) is 5.10 Å². The molecule has 1 amide bonds. The molecular weight excluding hydrogens is 544 g/mol. The highest BCUT2D eigenvalue weighted by molar-refractivity contribution is 6.06. The zero-order valence-electron chi connectivity index (χ0n) is 23.7. The lowest BCUT2D eigenvalue weighted by Gasteiger charge is -2.29. The first-order valence-corrected chi connectivity index (χ1v) is 13.9. The van der Waals surface area contributed by atoms with E-state index < -0.39 is 6.04 Å². The SMILES string of the molecule is CCOc1cc(C2C(C(=O)Nc3cccnc3)=C(C)Nc3nc(-c4ccc(O)cc4)nn32)ccc1OCc1ccccc1. The van der Waals surface area contributed by atoms with Crippen molar-refractivity contribution in [3.8, 4) is 28.6 Å². The van der Waals surface area contributed by atoms with Gasteiger partial charge in [0.1, 0.15) is 18.4 Å². The van der Waals surface area contributed by atoms with Gasteiger partial charge in [-0.05, 0) is 73.5 Å². The molecule has 1 unspecified atom stereocenters. The van der Waals surface area contributed by atoms with Gasteiger partial charge in [-0.2, -0.15) is 4.98 Å². The lowest BCUT2D eigenvalue weighted by Crippen LogP contribution is -2.31. The Morgan fingerprint density at radius 2 is 1.81 bits per heavy atom. The monoisotopic (exact) mass is 574 g/mol. The number of pyridine rings is 1. The number of nitrogens with zero attached hydrogens (tertiary/aromatic N) is 4. The van der Waals surface area contributed by atoms with Gasteiger partial charge in [0.2, 0.25) is 5.95 Å². The lowest BCUT2D eigenvalue weighted by molar-refractivity contribution is -0.113. The molecule has 3 heterocycles. The largest absolute Gasteiger partial charge is 0.508 e. The van der Waals surface area contributed by atoms with Crippen LogP contribution in [0.4, 0.5) is 11.6 Å². The molecule has 0 aliphatic carbocycles. The zero-order valence-corrected chi connectivity index (χ0v) is 23.7. The standard InChI is InChI=1S/C33H30N6O4/c1-3-42-28-18-24(13-16-27(28)43-20-22-8-5-4-6-9-22)30-29(32(41)36-25-10-7-17-34-19-25)21(2)35-33-37-31(38-39(30)33)23-11-14-26(40)15-12-23/h4-19,30,40H,3,20H2,1-2H3,(H,36,41)(H,35,37,38). The van der Waals surface area contributed by atoms with Gasteiger partial charge in [-0.1, -0.05) is 36.4 Å². The molecule has 0 radical (unpaired) electrons. The Morgan fingerprint density at radius 3 is 2.56 bits per heavy atom. The van der Waals surface area contributed by atoms with Gasteiger partial charge < -0.3 is 25.2 Å². The van der Waals surface area contributed by atoms with Gasteiger partial charge in [0.05, 0.1) is 24.1 Å². The number of benzene rings is 3. The number of phenols is 1. The first kappa shape index (κ1) is 27.5. The van der Waals surface area contributed by atoms with Gasteiger partial charge in [0.15, 0.2) is 17.3 Å². The van der Waals surface area contributed by atoms with Crippen molar-refractivity contribution >= 4 is 17.5 Å². The van der Waals surface area contributed by atoms with Crippen LogP contribution in [0.25, 0.3) is 11.4 Å². The van der Waals surface area contributed by atoms with Crippen molar-refractivity contribution in [1.82, 2.24) is 19.7 Å². The number of hydrogen-bond acceptors (Lipinski definition) is 8. The van der Waals surface area contributed by atoms with Crippen molar-refractivity contribution in [1.29, 1.82) is 0 Å². The number of carbonyl (C=O) groups excluding carboxylic acids is 1. The third kappa shape index (κ3) is 5.89. The zero-order chi connectivity index (χ0) is 29.8. The highest BCUT2D eigenvalue weighted by Gasteiger charge is 2.35. The van der Waals surface area contributed by atoms with E-state index >= 15 is 0 Å². The lowest BCUT2D eigenvalue weighted by atomic mass is 9.94. The Bertz CT molecular complexity index is 1770. The van der Waals surface area contributed by atoms with Crippen LogP contribution in [0.5, 0.6) is 17.2 Å². The summed E-state index contributed by atoms with van der Waals surface area (Å²) in [6.45, 7) is 4.56. The number of fused-ring (bicyclic) bond motifs is 1. The average molecular weight is 575 g/mol. The molecule has 3 aromatic carbocycles. The number of carbonyl (C=O) groups is 1. The maximum Gasteiger partial charge on any atom is 0.255 e. The summed E-state index contributed by atoms with van der Waals surface area (Å²) in [5.41, 5.74) is 4.18. The minimum Gasteiger partial charge on any atom is -0.508 e. The van der Waals surface area contributed by atoms with E-state index in [-0.39, 0.29) is 11.7 Å². The molecule has 0 bridgehead atoms. The summed E-state index contributed by atoms with van der Waals surface area (Å²) in [5, 5.41) is 20.8. The van der Waals surface area contributed by atoms with E-state index in [0.717, 1.165) is 16.7 Å². The highest BCUT2D eigenvalue weighted by atomic mass is 16.5. The number of hydrogen-bond donors (Lipinski definition) is 3. The number of nitrogens with one attached hydrogen (secondary N) is 2. The molecule has 1 aliphatic rings. The smallest absolute Gasteiger partial charge is 0.255 e. The summed E-state index contributed by atoms with van der Waals surface area (Å²) in [7, 11) is 0. The second kappa shape index (κ2) is 12.1. The van der Waals surface area contributed by atoms with Crippen LogP contribution in [0.2, 0.25) is 0 Å². The Morgan fingerprint density at radius 1 is 1.00 bits per heavy atom. The first-order chi connectivity index (χ1) is 21.0. The van der Waals surface area contributed by atoms with Gasteiger partial charge in [0, 0.05) is 17.5 Å². The summed E-state index contributed by atoms with van der Waals surface area (Å²) in [4.78, 5) is 22.7. The fourth-order valence-corrected chi connectivity index (χ4v) is 4.94. The number of amides is 1. The third-order valence-corrected chi connectivity index (χ3v) is 6.96. The third-order valence-electron chi connectivity index (χ3n) is 6.96. The molecule has 216 valence electrons. The van der Waals surface area contributed by atoms with Crippen LogP contribution in [0, 0.1) is 0 Å². The van der Waals surface area contributed by atoms with Crippen molar-refractivity contribution in [3.63, 3.8) is 0 Å². The van der Waals surface area contributed by atoms with Crippen molar-refractivity contribution in [2.45, 2.75) is 26.5 Å². The van der Waals surface area contributed by atoms with E-state index in [4.69, 9.17) is 19.6 Å². The van der Waals surface area contributed by atoms with Crippen LogP contribution in [0.3, 0.4) is 0 Å². The first-order valence-electron chi connectivity index (χ1n) is 13.9. The number of aromatic hydroxyl groups is 1. The molecule has 3 N–H and O–H groups in total. The molecule has 0 saturated heterocycles. The molecule has 6 rings (SSSR count). The van der Waals surface area contributed by atoms with E-state index in [2.05, 4.69) is 15.6 Å². The van der Waals surface area contributed by atoms with E-state index in [1.165, 1.54) is 0 Å². The van der Waals surface area contributed by atoms with Crippen molar-refractivity contribution < 1.29 is 19.4 Å². The molecule has 2 aromatic heterocycles. The fourth-order valence-electron chi connectivity index (χ4n) is 4.94. The molecule has 1 aliphatic heterocycles. The van der Waals surface area contributed by atoms with Gasteiger partial charge >= 0.3 is 0 Å². The minimum absolute atomic E-state index is 0.147. The summed E-state index contributed by atoms with van der Waals surface area (Å²) >= 11 is 0. The van der Waals surface area contributed by atoms with Crippen molar-refractivity contribution in [2.24, 2.45) is 0 Å². The van der Waals surface area contributed by atoms with E-state index in [1.807, 2.05) is 62.4 Å². The number of phenolic OH excluding ortho intramolecular Hbond substituents is 1. The molecule has 10 heteroatoms. The second-order valence-corrected chi connectivity index (χ2v) is 9.93. The second-order valence-electron chi connectivity index (χ2n) is 9.93. The molecule has 1 atom stereocenters. The van der Waals surface area contributed by atoms with E-state index in [1.54, 1.807) is 53.5 Å². The Balaban J connectivity index is 1.41. The van der Waals surface area contributed by atoms with Crippen molar-refractivity contribution in [2.75, 3.05) is 17.2 Å². The van der Waals surface area contributed by atoms with Gasteiger partial charge in [-0.3, -0.25) is 9.78 Å². The molecule has 10 nitrogen and oxygen atoms in total. The molecular formula is C33H30N6O4. The molecule has 0 spiro atoms. The summed E-state index contributed by atoms with van der Waals surface area (Å²) in [6.07, 6.45) is 3.24. The van der Waals surface area contributed by atoms with Crippen LogP contribution < -0.4 is 20.1 Å². The number of anilines is 2. The predicted octanol–water partition coefficient (Wildman–Crippen LogP) is 5.95. The Hall–Kier alpha value is -5.64. The number of aromatic nitrogens is 4. The molecule has 0 saturated carbocycles. The molecule has 5 aromatic rings. The summed E-state index contributed by atoms with van der Waals surface area (Å²) in [6, 6.07) is 25.1. The van der Waals surface area contributed by atoms with Gasteiger partial charge in [0.25, 0.3) is 5.91 Å².